The van der Waals surface area contributed by atoms with Crippen LogP contribution in [0, 0.1) is 43.3 Å². The second-order valence-corrected chi connectivity index (χ2v) is 28.0. The minimum atomic E-state index is 0.00722. The van der Waals surface area contributed by atoms with E-state index in [0.29, 0.717) is 42.7 Å². The molecule has 0 unspecified atom stereocenters. The van der Waals surface area contributed by atoms with Gasteiger partial charge in [0.2, 0.25) is 0 Å². The molecule has 0 aromatic heterocycles. The normalized spacial score (nSPS) is 14.0. The van der Waals surface area contributed by atoms with Crippen LogP contribution in [0.2, 0.25) is 0 Å². The molecule has 0 fully saturated rings. The zero-order chi connectivity index (χ0) is 42.1. The average molecular weight is 729 g/mol. The third-order valence-electron chi connectivity index (χ3n) is 6.21. The summed E-state index contributed by atoms with van der Waals surface area (Å²) in [4.78, 5) is 0. The van der Waals surface area contributed by atoms with Crippen LogP contribution in [0.4, 0.5) is 0 Å². The van der Waals surface area contributed by atoms with Gasteiger partial charge in [0, 0.05) is 4.75 Å². The Kier molecular flexibility index (Phi) is 27.4. The fourth-order valence-electron chi connectivity index (χ4n) is 2.87. The van der Waals surface area contributed by atoms with Gasteiger partial charge in [-0.25, -0.2) is 0 Å². The summed E-state index contributed by atoms with van der Waals surface area (Å²) in [6.07, 6.45) is 9.86. The van der Waals surface area contributed by atoms with Crippen molar-refractivity contribution in [1.82, 2.24) is 0 Å². The predicted octanol–water partition coefficient (Wildman–Crippen LogP) is 17.8. The number of hydrogen-bond donors (Lipinski definition) is 0. The lowest BCUT2D eigenvalue weighted by Crippen LogP contribution is -2.26. The maximum absolute atomic E-state index is 5.59. The van der Waals surface area contributed by atoms with Crippen LogP contribution in [0.25, 0.3) is 0 Å². The molecule has 0 rings (SSSR count). The van der Waals surface area contributed by atoms with E-state index in [1.54, 1.807) is 0 Å². The van der Waals surface area contributed by atoms with Gasteiger partial charge in [0.1, 0.15) is 0 Å². The van der Waals surface area contributed by atoms with E-state index in [4.69, 9.17) is 4.74 Å². The second kappa shape index (κ2) is 23.1. The molecule has 0 spiro atoms. The fourth-order valence-corrected chi connectivity index (χ4v) is 3.73. The smallest absolute Gasteiger partial charge is 0.0598 e. The molecule has 0 amide bonds. The van der Waals surface area contributed by atoms with E-state index in [0.717, 1.165) is 6.61 Å². The SMILES string of the molecule is CC(C)(C)C=CC(C)(C)C.CC(C)(C)CCC(C)(C)C.CC(C)(C)CCC(C)(C)C.CC(C)(C)COC(C)(C)C.CC(C)(C)CSC(C)(C)C. The summed E-state index contributed by atoms with van der Waals surface area (Å²) < 4.78 is 6.02. The van der Waals surface area contributed by atoms with Crippen LogP contribution < -0.4 is 0 Å². The van der Waals surface area contributed by atoms with Gasteiger partial charge in [-0.05, 0) is 95.5 Å². The van der Waals surface area contributed by atoms with Crippen LogP contribution >= 0.6 is 11.8 Å². The van der Waals surface area contributed by atoms with Crippen molar-refractivity contribution in [2.24, 2.45) is 43.3 Å². The monoisotopic (exact) mass is 729 g/mol. The summed E-state index contributed by atoms with van der Waals surface area (Å²) >= 11 is 2.04. The molecule has 0 aliphatic carbocycles. The molecule has 0 aromatic rings. The van der Waals surface area contributed by atoms with Crippen LogP contribution in [0.3, 0.4) is 0 Å². The topological polar surface area (TPSA) is 9.23 Å². The Hall–Kier alpha value is 0.0500. The highest BCUT2D eigenvalue weighted by Gasteiger charge is 2.19. The van der Waals surface area contributed by atoms with Crippen molar-refractivity contribution in [2.75, 3.05) is 12.4 Å². The Labute approximate surface area is 326 Å². The van der Waals surface area contributed by atoms with Crippen molar-refractivity contribution in [2.45, 2.75) is 244 Å². The molecule has 0 saturated carbocycles. The van der Waals surface area contributed by atoms with Gasteiger partial charge in [-0.3, -0.25) is 0 Å². The molecule has 2 heteroatoms. The van der Waals surface area contributed by atoms with Gasteiger partial charge >= 0.3 is 0 Å². The molecule has 0 heterocycles. The van der Waals surface area contributed by atoms with Gasteiger partial charge in [-0.2, -0.15) is 11.8 Å². The Bertz CT molecular complexity index is 635. The molecular formula is C48H104OS. The number of allylic oxidation sites excluding steroid dienone is 2. The van der Waals surface area contributed by atoms with E-state index in [2.05, 4.69) is 220 Å². The van der Waals surface area contributed by atoms with Crippen molar-refractivity contribution in [3.63, 3.8) is 0 Å². The molecular weight excluding hydrogens is 625 g/mol. The van der Waals surface area contributed by atoms with Crippen molar-refractivity contribution >= 4 is 11.8 Å². The Morgan fingerprint density at radius 1 is 0.340 bits per heavy atom. The standard InChI is InChI=1S/2C10H22.C10H20.C9H20O.C9H20S/c3*1-9(2,3)7-8-10(4,5)6;2*1-8(2,3)7-10-9(4,5)6/h2*7-8H2,1-6H3;7-8H,1-6H3;2*7H2,1-6H3. The first kappa shape index (κ1) is 59.3. The summed E-state index contributed by atoms with van der Waals surface area (Å²) in [5.41, 5.74) is 3.44. The van der Waals surface area contributed by atoms with E-state index in [1.807, 2.05) is 11.8 Å². The third kappa shape index (κ3) is 86.6. The number of rotatable bonds is 4. The number of thioether (sulfide) groups is 1. The molecule has 0 N–H and O–H groups in total. The average Bonchev–Trinajstić information content (AvgIpc) is 2.75. The highest BCUT2D eigenvalue weighted by atomic mass is 32.2. The molecule has 0 aliphatic rings. The first-order chi connectivity index (χ1) is 21.0. The maximum Gasteiger partial charge on any atom is 0.0598 e. The van der Waals surface area contributed by atoms with Gasteiger partial charge in [-0.1, -0.05) is 199 Å². The first-order valence-electron chi connectivity index (χ1n) is 20.0. The van der Waals surface area contributed by atoms with E-state index >= 15 is 0 Å². The minimum Gasteiger partial charge on any atom is -0.375 e. The van der Waals surface area contributed by atoms with Gasteiger partial charge in [-0.15, -0.1) is 0 Å². The van der Waals surface area contributed by atoms with Crippen LogP contribution in [-0.4, -0.2) is 22.7 Å². The highest BCUT2D eigenvalue weighted by molar-refractivity contribution is 8.00. The van der Waals surface area contributed by atoms with Crippen molar-refractivity contribution in [3.05, 3.63) is 12.2 Å². The molecule has 0 aromatic carbocycles. The molecule has 308 valence electrons. The Morgan fingerprint density at radius 3 is 0.660 bits per heavy atom. The Morgan fingerprint density at radius 2 is 0.580 bits per heavy atom. The van der Waals surface area contributed by atoms with E-state index < -0.39 is 0 Å². The molecule has 0 radical (unpaired) electrons. The zero-order valence-electron chi connectivity index (χ0n) is 41.2. The largest absolute Gasteiger partial charge is 0.375 e. The molecule has 0 atom stereocenters. The van der Waals surface area contributed by atoms with Crippen LogP contribution in [0.15, 0.2) is 12.2 Å². The van der Waals surface area contributed by atoms with Crippen LogP contribution in [-0.2, 0) is 4.74 Å². The predicted molar refractivity (Wildman–Crippen MR) is 241 cm³/mol. The van der Waals surface area contributed by atoms with Crippen LogP contribution in [0.5, 0.6) is 0 Å². The lowest BCUT2D eigenvalue weighted by molar-refractivity contribution is -0.0382. The summed E-state index contributed by atoms with van der Waals surface area (Å²) in [5.74, 6) is 1.25. The fraction of sp³-hybridized carbons (Fsp3) is 0.958. The zero-order valence-corrected chi connectivity index (χ0v) is 42.0. The summed E-state index contributed by atoms with van der Waals surface area (Å²) in [7, 11) is 0. The lowest BCUT2D eigenvalue weighted by atomic mass is 9.81. The number of ether oxygens (including phenoxy) is 1. The molecule has 0 bridgehead atoms. The van der Waals surface area contributed by atoms with E-state index in [1.165, 1.54) is 31.4 Å². The van der Waals surface area contributed by atoms with Crippen molar-refractivity contribution in [3.8, 4) is 0 Å². The highest BCUT2D eigenvalue weighted by Crippen LogP contribution is 2.31. The van der Waals surface area contributed by atoms with Gasteiger partial charge in [0.15, 0.2) is 0 Å². The summed E-state index contributed by atoms with van der Waals surface area (Å²) in [5, 5.41) is 0. The maximum atomic E-state index is 5.59. The number of hydrogen-bond acceptors (Lipinski definition) is 2. The molecule has 0 saturated heterocycles. The molecule has 1 nitrogen and oxygen atoms in total. The van der Waals surface area contributed by atoms with Gasteiger partial charge in [0.05, 0.1) is 12.2 Å². The minimum absolute atomic E-state index is 0.00722. The van der Waals surface area contributed by atoms with Crippen molar-refractivity contribution in [1.29, 1.82) is 0 Å². The third-order valence-corrected chi connectivity index (χ3v) is 8.09. The second-order valence-electron chi connectivity index (χ2n) is 26.2. The first-order valence-corrected chi connectivity index (χ1v) is 21.0. The van der Waals surface area contributed by atoms with Gasteiger partial charge in [0.25, 0.3) is 0 Å². The van der Waals surface area contributed by atoms with E-state index in [-0.39, 0.29) is 11.0 Å². The molecule has 50 heavy (non-hydrogen) atoms. The molecule has 0 aliphatic heterocycles. The summed E-state index contributed by atoms with van der Waals surface area (Å²) in [6.45, 7) is 68.2. The van der Waals surface area contributed by atoms with E-state index in [9.17, 15) is 0 Å². The van der Waals surface area contributed by atoms with Crippen LogP contribution in [0.1, 0.15) is 233 Å². The Balaban J connectivity index is -0.000000169. The van der Waals surface area contributed by atoms with Crippen molar-refractivity contribution < 1.29 is 4.74 Å². The lowest BCUT2D eigenvalue weighted by Gasteiger charge is -2.26. The summed E-state index contributed by atoms with van der Waals surface area (Å²) in [6, 6.07) is 0. The quantitative estimate of drug-likeness (QED) is 0.267. The van der Waals surface area contributed by atoms with Gasteiger partial charge < -0.3 is 4.74 Å².